The van der Waals surface area contributed by atoms with E-state index in [1.807, 2.05) is 13.1 Å². The molecule has 0 fully saturated rings. The number of aromatic nitrogens is 3. The Hall–Kier alpha value is -2.11. The minimum Gasteiger partial charge on any atom is -0.351 e. The molecule has 0 saturated heterocycles. The maximum absolute atomic E-state index is 12.4. The highest BCUT2D eigenvalue weighted by Crippen LogP contribution is 2.22. The average molecular weight is 316 g/mol. The highest BCUT2D eigenvalue weighted by molar-refractivity contribution is 5.91. The van der Waals surface area contributed by atoms with E-state index in [1.54, 1.807) is 6.07 Å². The Morgan fingerprint density at radius 1 is 1.48 bits per heavy atom. The number of fused-ring (bicyclic) bond motifs is 1. The van der Waals surface area contributed by atoms with Crippen molar-refractivity contribution in [2.45, 2.75) is 65.0 Å². The van der Waals surface area contributed by atoms with Gasteiger partial charge in [0, 0.05) is 37.2 Å². The predicted octanol–water partition coefficient (Wildman–Crippen LogP) is 2.83. The second kappa shape index (κ2) is 6.56. The van der Waals surface area contributed by atoms with Crippen molar-refractivity contribution in [3.8, 4) is 0 Å². The van der Waals surface area contributed by atoms with Gasteiger partial charge in [0.1, 0.15) is 5.82 Å². The van der Waals surface area contributed by atoms with Crippen molar-refractivity contribution in [2.24, 2.45) is 0 Å². The minimum absolute atomic E-state index is 0.102. The van der Waals surface area contributed by atoms with Gasteiger partial charge in [-0.3, -0.25) is 4.79 Å². The zero-order chi connectivity index (χ0) is 16.4. The quantitative estimate of drug-likeness (QED) is 0.920. The van der Waals surface area contributed by atoms with Crippen molar-refractivity contribution in [1.82, 2.24) is 20.0 Å². The number of rotatable bonds is 5. The lowest BCUT2D eigenvalue weighted by atomic mass is 9.99. The van der Waals surface area contributed by atoms with Crippen molar-refractivity contribution in [3.05, 3.63) is 35.2 Å². The van der Waals surface area contributed by atoms with Gasteiger partial charge in [0.2, 0.25) is 5.76 Å². The van der Waals surface area contributed by atoms with E-state index >= 15 is 0 Å². The summed E-state index contributed by atoms with van der Waals surface area (Å²) in [6.07, 6.45) is 5.81. The molecule has 6 nitrogen and oxygen atoms in total. The van der Waals surface area contributed by atoms with E-state index in [4.69, 9.17) is 4.52 Å². The monoisotopic (exact) mass is 316 g/mol. The van der Waals surface area contributed by atoms with Crippen LogP contribution in [0.3, 0.4) is 0 Å². The maximum atomic E-state index is 12.4. The third-order valence-corrected chi connectivity index (χ3v) is 4.60. The molecule has 2 aromatic rings. The molecule has 0 unspecified atom stereocenters. The first-order valence-electron chi connectivity index (χ1n) is 8.40. The Kier molecular flexibility index (Phi) is 4.50. The van der Waals surface area contributed by atoms with Crippen LogP contribution < -0.4 is 5.32 Å². The fraction of sp³-hybridized carbons (Fsp3) is 0.588. The molecule has 0 bridgehead atoms. The van der Waals surface area contributed by atoms with E-state index in [-0.39, 0.29) is 11.9 Å². The number of nitrogens with one attached hydrogen (secondary N) is 1. The molecule has 1 atom stereocenters. The predicted molar refractivity (Wildman–Crippen MR) is 86.4 cm³/mol. The van der Waals surface area contributed by atoms with Crippen LogP contribution >= 0.6 is 0 Å². The zero-order valence-corrected chi connectivity index (χ0v) is 14.0. The number of carbonyl (C=O) groups excluding carboxylic acids is 1. The van der Waals surface area contributed by atoms with Gasteiger partial charge < -0.3 is 14.4 Å². The molecule has 23 heavy (non-hydrogen) atoms. The van der Waals surface area contributed by atoms with Crippen LogP contribution in [0.15, 0.2) is 16.8 Å². The van der Waals surface area contributed by atoms with Gasteiger partial charge >= 0.3 is 0 Å². The normalized spacial score (nSPS) is 17.3. The summed E-state index contributed by atoms with van der Waals surface area (Å²) in [4.78, 5) is 16.9. The number of hydrogen-bond acceptors (Lipinski definition) is 4. The van der Waals surface area contributed by atoms with Crippen molar-refractivity contribution >= 4 is 5.91 Å². The Labute approximate surface area is 136 Å². The first-order chi connectivity index (χ1) is 11.1. The third-order valence-electron chi connectivity index (χ3n) is 4.60. The SMILES string of the molecule is CCC(CC)c1cc(C(=O)N[C@H]2CCc3nc(C)cn3C2)on1. The number of amides is 1. The zero-order valence-electron chi connectivity index (χ0n) is 14.0. The standard InChI is InChI=1S/C17H24N4O2/c1-4-12(5-2)14-8-15(23-20-14)17(22)19-13-6-7-16-18-11(3)9-21(16)10-13/h8-9,12-13H,4-7,10H2,1-3H3,(H,19,22)/t13-/m0/s1. The first-order valence-corrected chi connectivity index (χ1v) is 8.40. The van der Waals surface area contributed by atoms with Crippen LogP contribution in [0.25, 0.3) is 0 Å². The molecule has 6 heteroatoms. The minimum atomic E-state index is -0.181. The Morgan fingerprint density at radius 2 is 2.26 bits per heavy atom. The molecular weight excluding hydrogens is 292 g/mol. The van der Waals surface area contributed by atoms with Crippen LogP contribution in [0.5, 0.6) is 0 Å². The summed E-state index contributed by atoms with van der Waals surface area (Å²) >= 11 is 0. The topological polar surface area (TPSA) is 73.0 Å². The summed E-state index contributed by atoms with van der Waals surface area (Å²) in [5.41, 5.74) is 1.90. The van der Waals surface area contributed by atoms with E-state index in [2.05, 4.69) is 33.9 Å². The van der Waals surface area contributed by atoms with Gasteiger partial charge in [0.15, 0.2) is 0 Å². The summed E-state index contributed by atoms with van der Waals surface area (Å²) in [6, 6.07) is 1.88. The summed E-state index contributed by atoms with van der Waals surface area (Å²) in [6.45, 7) is 6.99. The Bertz CT molecular complexity index is 685. The van der Waals surface area contributed by atoms with Crippen LogP contribution in [0.2, 0.25) is 0 Å². The molecule has 2 aromatic heterocycles. The third kappa shape index (κ3) is 3.30. The van der Waals surface area contributed by atoms with Crippen molar-refractivity contribution in [1.29, 1.82) is 0 Å². The number of imidazole rings is 1. The second-order valence-corrected chi connectivity index (χ2v) is 6.29. The van der Waals surface area contributed by atoms with Crippen molar-refractivity contribution in [2.75, 3.05) is 0 Å². The first kappa shape index (κ1) is 15.8. The molecule has 124 valence electrons. The molecule has 1 aliphatic heterocycles. The largest absolute Gasteiger partial charge is 0.351 e. The van der Waals surface area contributed by atoms with E-state index in [9.17, 15) is 4.79 Å². The summed E-state index contributed by atoms with van der Waals surface area (Å²) in [5.74, 6) is 1.58. The van der Waals surface area contributed by atoms with Gasteiger partial charge in [0.25, 0.3) is 5.91 Å². The average Bonchev–Trinajstić information content (AvgIpc) is 3.14. The molecule has 0 aliphatic carbocycles. The molecule has 0 radical (unpaired) electrons. The number of nitrogens with zero attached hydrogens (tertiary/aromatic N) is 3. The smallest absolute Gasteiger partial charge is 0.290 e. The summed E-state index contributed by atoms with van der Waals surface area (Å²) in [5, 5.41) is 7.11. The molecule has 1 amide bonds. The van der Waals surface area contributed by atoms with Crippen LogP contribution in [-0.2, 0) is 13.0 Å². The second-order valence-electron chi connectivity index (χ2n) is 6.29. The van der Waals surface area contributed by atoms with Gasteiger partial charge in [-0.2, -0.15) is 0 Å². The lowest BCUT2D eigenvalue weighted by molar-refractivity contribution is 0.0890. The van der Waals surface area contributed by atoms with E-state index in [1.165, 1.54) is 0 Å². The highest BCUT2D eigenvalue weighted by Gasteiger charge is 2.24. The van der Waals surface area contributed by atoms with Gasteiger partial charge in [-0.15, -0.1) is 0 Å². The Morgan fingerprint density at radius 3 is 3.00 bits per heavy atom. The summed E-state index contributed by atoms with van der Waals surface area (Å²) in [7, 11) is 0. The maximum Gasteiger partial charge on any atom is 0.290 e. The molecule has 0 saturated carbocycles. The molecule has 0 aromatic carbocycles. The molecule has 3 heterocycles. The van der Waals surface area contributed by atoms with Crippen molar-refractivity contribution in [3.63, 3.8) is 0 Å². The van der Waals surface area contributed by atoms with Crippen LogP contribution in [-0.4, -0.2) is 26.7 Å². The highest BCUT2D eigenvalue weighted by atomic mass is 16.5. The lowest BCUT2D eigenvalue weighted by Gasteiger charge is -2.24. The van der Waals surface area contributed by atoms with Gasteiger partial charge in [0.05, 0.1) is 11.4 Å². The van der Waals surface area contributed by atoms with Gasteiger partial charge in [-0.25, -0.2) is 4.98 Å². The fourth-order valence-electron chi connectivity index (χ4n) is 3.26. The lowest BCUT2D eigenvalue weighted by Crippen LogP contribution is -2.40. The molecule has 1 N–H and O–H groups in total. The molecule has 0 spiro atoms. The van der Waals surface area contributed by atoms with Crippen molar-refractivity contribution < 1.29 is 9.32 Å². The Balaban J connectivity index is 1.64. The van der Waals surface area contributed by atoms with Crippen LogP contribution in [0, 0.1) is 6.92 Å². The van der Waals surface area contributed by atoms with Crippen LogP contribution in [0.4, 0.5) is 0 Å². The number of hydrogen-bond donors (Lipinski definition) is 1. The number of carbonyl (C=O) groups is 1. The molecule has 3 rings (SSSR count). The fourth-order valence-corrected chi connectivity index (χ4v) is 3.26. The van der Waals surface area contributed by atoms with E-state index in [0.29, 0.717) is 11.7 Å². The number of aryl methyl sites for hydroxylation is 2. The van der Waals surface area contributed by atoms with Crippen LogP contribution in [0.1, 0.15) is 66.8 Å². The van der Waals surface area contributed by atoms with E-state index in [0.717, 1.165) is 49.4 Å². The van der Waals surface area contributed by atoms with Gasteiger partial charge in [-0.05, 0) is 26.2 Å². The molecule has 1 aliphatic rings. The summed E-state index contributed by atoms with van der Waals surface area (Å²) < 4.78 is 7.37. The van der Waals surface area contributed by atoms with Gasteiger partial charge in [-0.1, -0.05) is 19.0 Å². The van der Waals surface area contributed by atoms with E-state index < -0.39 is 0 Å². The molecular formula is C17H24N4O2.